The van der Waals surface area contributed by atoms with Crippen molar-refractivity contribution < 1.29 is 13.5 Å². The van der Waals surface area contributed by atoms with Crippen molar-refractivity contribution in [3.8, 4) is 0 Å². The van der Waals surface area contributed by atoms with Crippen molar-refractivity contribution in [2.45, 2.75) is 77.7 Å². The van der Waals surface area contributed by atoms with E-state index in [1.165, 1.54) is 0 Å². The standard InChI is InChI=1S/C24H33F2N7O/c1-15-4-6-19(7-5-15)33-14-20(22(30-33)23(25)26)27-10-18-11-28-32-9-8-21(29-24(18)32)31-12-16(2)34-17(3)13-31/h8-9,11,14-17,19,23,27H,4-7,10,12-13H2,1-3H3/t15?,16-,17+,19?. The molecule has 3 aromatic rings. The van der Waals surface area contributed by atoms with Crippen LogP contribution in [0.25, 0.3) is 5.65 Å². The Balaban J connectivity index is 1.34. The van der Waals surface area contributed by atoms with Gasteiger partial charge < -0.3 is 15.0 Å². The molecule has 3 aromatic heterocycles. The topological polar surface area (TPSA) is 72.5 Å². The number of ether oxygens (including phenoxy) is 1. The van der Waals surface area contributed by atoms with Crippen LogP contribution in [0, 0.1) is 5.92 Å². The highest BCUT2D eigenvalue weighted by molar-refractivity contribution is 5.55. The lowest BCUT2D eigenvalue weighted by atomic mass is 9.87. The van der Waals surface area contributed by atoms with Crippen molar-refractivity contribution in [3.63, 3.8) is 0 Å². The molecule has 1 saturated carbocycles. The molecule has 1 N–H and O–H groups in total. The third-order valence-electron chi connectivity index (χ3n) is 6.97. The Morgan fingerprint density at radius 2 is 1.85 bits per heavy atom. The second-order valence-corrected chi connectivity index (χ2v) is 9.86. The second-order valence-electron chi connectivity index (χ2n) is 9.86. The summed E-state index contributed by atoms with van der Waals surface area (Å²) in [5, 5.41) is 11.8. The molecule has 0 spiro atoms. The zero-order valence-electron chi connectivity index (χ0n) is 20.0. The van der Waals surface area contributed by atoms with Crippen LogP contribution in [0.15, 0.2) is 24.7 Å². The lowest BCUT2D eigenvalue weighted by molar-refractivity contribution is -0.00545. The summed E-state index contributed by atoms with van der Waals surface area (Å²) >= 11 is 0. The van der Waals surface area contributed by atoms with Crippen LogP contribution in [0.5, 0.6) is 0 Å². The first-order chi connectivity index (χ1) is 16.4. The number of nitrogens with zero attached hydrogens (tertiary/aromatic N) is 6. The summed E-state index contributed by atoms with van der Waals surface area (Å²) in [5.74, 6) is 1.56. The number of fused-ring (bicyclic) bond motifs is 1. The molecule has 2 fully saturated rings. The fourth-order valence-electron chi connectivity index (χ4n) is 5.16. The van der Waals surface area contributed by atoms with Crippen LogP contribution in [0.1, 0.15) is 70.2 Å². The number of aromatic nitrogens is 5. The number of nitrogens with one attached hydrogen (secondary N) is 1. The van der Waals surface area contributed by atoms with Crippen LogP contribution in [0.2, 0.25) is 0 Å². The van der Waals surface area contributed by atoms with Gasteiger partial charge in [-0.3, -0.25) is 4.68 Å². The monoisotopic (exact) mass is 473 g/mol. The summed E-state index contributed by atoms with van der Waals surface area (Å²) in [7, 11) is 0. The minimum absolute atomic E-state index is 0.129. The number of hydrogen-bond donors (Lipinski definition) is 1. The molecule has 0 bridgehead atoms. The summed E-state index contributed by atoms with van der Waals surface area (Å²) < 4.78 is 36.8. The van der Waals surface area contributed by atoms with Crippen molar-refractivity contribution >= 4 is 17.2 Å². The first-order valence-corrected chi connectivity index (χ1v) is 12.2. The highest BCUT2D eigenvalue weighted by atomic mass is 19.3. The molecule has 184 valence electrons. The predicted molar refractivity (Wildman–Crippen MR) is 126 cm³/mol. The maximum absolute atomic E-state index is 13.8. The van der Waals surface area contributed by atoms with E-state index < -0.39 is 6.43 Å². The van der Waals surface area contributed by atoms with Gasteiger partial charge in [0.25, 0.3) is 6.43 Å². The van der Waals surface area contributed by atoms with Gasteiger partial charge in [0.15, 0.2) is 11.3 Å². The lowest BCUT2D eigenvalue weighted by Gasteiger charge is -2.36. The molecule has 8 nitrogen and oxygen atoms in total. The molecule has 2 atom stereocenters. The summed E-state index contributed by atoms with van der Waals surface area (Å²) in [6, 6.07) is 2.13. The van der Waals surface area contributed by atoms with Gasteiger partial charge in [-0.2, -0.15) is 10.2 Å². The van der Waals surface area contributed by atoms with E-state index in [9.17, 15) is 8.78 Å². The summed E-state index contributed by atoms with van der Waals surface area (Å²) in [5.41, 5.74) is 1.74. The van der Waals surface area contributed by atoms with Gasteiger partial charge in [-0.1, -0.05) is 6.92 Å². The van der Waals surface area contributed by atoms with Gasteiger partial charge in [-0.15, -0.1) is 0 Å². The van der Waals surface area contributed by atoms with Crippen molar-refractivity contribution in [3.05, 3.63) is 35.9 Å². The highest BCUT2D eigenvalue weighted by Crippen LogP contribution is 2.34. The number of anilines is 2. The molecule has 0 radical (unpaired) electrons. The van der Waals surface area contributed by atoms with Gasteiger partial charge in [-0.05, 0) is 51.5 Å². The number of hydrogen-bond acceptors (Lipinski definition) is 6. The Hall–Kier alpha value is -2.75. The molecule has 4 heterocycles. The average Bonchev–Trinajstić information content (AvgIpc) is 3.41. The molecular formula is C24H33F2N7O. The Morgan fingerprint density at radius 1 is 1.12 bits per heavy atom. The Labute approximate surface area is 198 Å². The zero-order chi connectivity index (χ0) is 23.8. The van der Waals surface area contributed by atoms with Crippen LogP contribution < -0.4 is 10.2 Å². The molecule has 2 aliphatic rings. The fourth-order valence-corrected chi connectivity index (χ4v) is 5.16. The van der Waals surface area contributed by atoms with E-state index in [1.807, 2.05) is 12.3 Å². The molecule has 5 rings (SSSR count). The van der Waals surface area contributed by atoms with Crippen LogP contribution in [-0.2, 0) is 11.3 Å². The maximum atomic E-state index is 13.8. The predicted octanol–water partition coefficient (Wildman–Crippen LogP) is 4.84. The summed E-state index contributed by atoms with van der Waals surface area (Å²) in [6.45, 7) is 8.24. The normalized spacial score (nSPS) is 25.9. The van der Waals surface area contributed by atoms with Crippen molar-refractivity contribution in [1.82, 2.24) is 24.4 Å². The van der Waals surface area contributed by atoms with Gasteiger partial charge in [0.1, 0.15) is 5.82 Å². The van der Waals surface area contributed by atoms with Crippen LogP contribution in [0.4, 0.5) is 20.3 Å². The third-order valence-corrected chi connectivity index (χ3v) is 6.97. The van der Waals surface area contributed by atoms with Crippen molar-refractivity contribution in [2.75, 3.05) is 23.3 Å². The summed E-state index contributed by atoms with van der Waals surface area (Å²) in [6.07, 6.45) is 7.15. The minimum Gasteiger partial charge on any atom is -0.378 e. The van der Waals surface area contributed by atoms with E-state index >= 15 is 0 Å². The Morgan fingerprint density at radius 3 is 2.56 bits per heavy atom. The largest absolute Gasteiger partial charge is 0.378 e. The van der Waals surface area contributed by atoms with Crippen molar-refractivity contribution in [2.24, 2.45) is 5.92 Å². The molecule has 0 amide bonds. The van der Waals surface area contributed by atoms with E-state index in [1.54, 1.807) is 21.6 Å². The average molecular weight is 474 g/mol. The third kappa shape index (κ3) is 4.73. The first kappa shape index (κ1) is 23.0. The Kier molecular flexibility index (Phi) is 6.42. The molecule has 34 heavy (non-hydrogen) atoms. The van der Waals surface area contributed by atoms with Gasteiger partial charge in [0.2, 0.25) is 0 Å². The van der Waals surface area contributed by atoms with E-state index in [4.69, 9.17) is 9.72 Å². The minimum atomic E-state index is -2.63. The number of morpholine rings is 1. The van der Waals surface area contributed by atoms with Crippen LogP contribution >= 0.6 is 0 Å². The van der Waals surface area contributed by atoms with E-state index in [0.717, 1.165) is 50.2 Å². The van der Waals surface area contributed by atoms with Gasteiger partial charge in [0, 0.05) is 37.6 Å². The molecular weight excluding hydrogens is 440 g/mol. The van der Waals surface area contributed by atoms with E-state index in [2.05, 4.69) is 41.2 Å². The second kappa shape index (κ2) is 9.48. The molecule has 1 aliphatic carbocycles. The van der Waals surface area contributed by atoms with Crippen LogP contribution in [0.3, 0.4) is 0 Å². The summed E-state index contributed by atoms with van der Waals surface area (Å²) in [4.78, 5) is 7.06. The van der Waals surface area contributed by atoms with E-state index in [0.29, 0.717) is 23.8 Å². The van der Waals surface area contributed by atoms with Crippen LogP contribution in [-0.4, -0.2) is 49.7 Å². The number of alkyl halides is 2. The SMILES string of the molecule is CC1CCC(n2cc(NCc3cnn4ccc(N5C[C@@H](C)O[C@@H](C)C5)nc34)c(C(F)F)n2)CC1. The van der Waals surface area contributed by atoms with Gasteiger partial charge >= 0.3 is 0 Å². The number of rotatable bonds is 6. The molecule has 0 unspecified atom stereocenters. The Bertz CT molecular complexity index is 1110. The molecule has 0 aromatic carbocycles. The number of halogens is 2. The molecule has 1 saturated heterocycles. The van der Waals surface area contributed by atoms with Gasteiger partial charge in [0.05, 0.1) is 30.1 Å². The highest BCUT2D eigenvalue weighted by Gasteiger charge is 2.26. The maximum Gasteiger partial charge on any atom is 0.284 e. The lowest BCUT2D eigenvalue weighted by Crippen LogP contribution is -2.45. The first-order valence-electron chi connectivity index (χ1n) is 12.2. The van der Waals surface area contributed by atoms with E-state index in [-0.39, 0.29) is 23.9 Å². The fraction of sp³-hybridized carbons (Fsp3) is 0.625. The zero-order valence-corrected chi connectivity index (χ0v) is 20.0. The van der Waals surface area contributed by atoms with Crippen molar-refractivity contribution in [1.29, 1.82) is 0 Å². The molecule has 10 heteroatoms. The van der Waals surface area contributed by atoms with Gasteiger partial charge in [-0.25, -0.2) is 18.3 Å². The quantitative estimate of drug-likeness (QED) is 0.552. The smallest absolute Gasteiger partial charge is 0.284 e. The molecule has 1 aliphatic heterocycles.